The van der Waals surface area contributed by atoms with E-state index >= 15 is 0 Å². The molecule has 1 aromatic rings. The fourth-order valence-corrected chi connectivity index (χ4v) is 5.70. The summed E-state index contributed by atoms with van der Waals surface area (Å²) in [6.45, 7) is 2.64. The molecule has 5 rings (SSSR count). The Morgan fingerprint density at radius 3 is 2.58 bits per heavy atom. The highest BCUT2D eigenvalue weighted by atomic mass is 32.2. The third-order valence-electron chi connectivity index (χ3n) is 6.31. The van der Waals surface area contributed by atoms with E-state index in [0.717, 1.165) is 33.1 Å². The lowest BCUT2D eigenvalue weighted by Crippen LogP contribution is -2.41. The maximum Gasteiger partial charge on any atom is 0.326 e. The van der Waals surface area contributed by atoms with Gasteiger partial charge < -0.3 is 14.5 Å². The molecule has 1 aliphatic carbocycles. The van der Waals surface area contributed by atoms with Crippen LogP contribution in [0.25, 0.3) is 0 Å². The number of alkyl halides is 2. The van der Waals surface area contributed by atoms with Crippen LogP contribution < -0.4 is 8.61 Å². The molecule has 4 aliphatic rings. The highest BCUT2D eigenvalue weighted by Gasteiger charge is 2.59. The van der Waals surface area contributed by atoms with Crippen molar-refractivity contribution in [2.75, 3.05) is 55.6 Å². The molecular formula is C20H25F2N5O3S. The first-order valence-corrected chi connectivity index (χ1v) is 11.7. The van der Waals surface area contributed by atoms with Gasteiger partial charge in [0.05, 0.1) is 24.6 Å². The van der Waals surface area contributed by atoms with Crippen molar-refractivity contribution in [1.29, 1.82) is 0 Å². The van der Waals surface area contributed by atoms with Crippen LogP contribution in [-0.4, -0.2) is 76.9 Å². The smallest absolute Gasteiger partial charge is 0.326 e. The lowest BCUT2D eigenvalue weighted by atomic mass is 10.1. The number of rotatable bonds is 3. The molecular weight excluding hydrogens is 428 g/mol. The molecule has 3 heterocycles. The number of halogens is 2. The highest BCUT2D eigenvalue weighted by Crippen LogP contribution is 2.51. The topological polar surface area (TPSA) is 68.7 Å². The fraction of sp³-hybridized carbons (Fsp3) is 0.550. The van der Waals surface area contributed by atoms with Crippen molar-refractivity contribution in [2.24, 2.45) is 10.9 Å². The van der Waals surface area contributed by atoms with Crippen LogP contribution in [0.2, 0.25) is 0 Å². The molecule has 2 atom stereocenters. The maximum absolute atomic E-state index is 13.4. The third kappa shape index (κ3) is 3.43. The van der Waals surface area contributed by atoms with Gasteiger partial charge in [-0.15, -0.1) is 0 Å². The first-order chi connectivity index (χ1) is 14.7. The van der Waals surface area contributed by atoms with Crippen LogP contribution in [-0.2, 0) is 14.9 Å². The molecule has 2 fully saturated rings. The van der Waals surface area contributed by atoms with Crippen LogP contribution in [0.3, 0.4) is 0 Å². The Morgan fingerprint density at radius 1 is 1.19 bits per heavy atom. The van der Waals surface area contributed by atoms with E-state index in [0.29, 0.717) is 24.6 Å². The third-order valence-corrected chi connectivity index (χ3v) is 8.10. The fourth-order valence-electron chi connectivity index (χ4n) is 4.24. The molecule has 0 amide bonds. The maximum atomic E-state index is 13.4. The average molecular weight is 454 g/mol. The Hall–Kier alpha value is -2.40. The summed E-state index contributed by atoms with van der Waals surface area (Å²) in [5.74, 6) is -2.85. The molecule has 0 N–H and O–H groups in total. The minimum Gasteiger partial charge on any atom is -0.378 e. The average Bonchev–Trinajstić information content (AvgIpc) is 3.32. The lowest BCUT2D eigenvalue weighted by molar-refractivity contribution is 0.0677. The molecule has 0 radical (unpaired) electrons. The number of fused-ring (bicyclic) bond motifs is 1. The summed E-state index contributed by atoms with van der Waals surface area (Å²) in [5, 5.41) is 0. The van der Waals surface area contributed by atoms with Crippen LogP contribution in [0, 0.1) is 5.92 Å². The monoisotopic (exact) mass is 453 g/mol. The number of morpholine rings is 1. The Kier molecular flexibility index (Phi) is 4.67. The molecule has 1 aromatic carbocycles. The van der Waals surface area contributed by atoms with E-state index in [4.69, 9.17) is 9.73 Å². The summed E-state index contributed by atoms with van der Waals surface area (Å²) in [6, 6.07) is 5.31. The summed E-state index contributed by atoms with van der Waals surface area (Å²) in [7, 11) is -0.504. The molecule has 0 spiro atoms. The highest BCUT2D eigenvalue weighted by molar-refractivity contribution is 7.94. The van der Waals surface area contributed by atoms with Gasteiger partial charge in [0.2, 0.25) is 0 Å². The predicted octanol–water partition coefficient (Wildman–Crippen LogP) is 2.03. The zero-order chi connectivity index (χ0) is 22.0. The van der Waals surface area contributed by atoms with Gasteiger partial charge in [-0.1, -0.05) is 6.07 Å². The predicted molar refractivity (Wildman–Crippen MR) is 114 cm³/mol. The van der Waals surface area contributed by atoms with Crippen LogP contribution in [0.1, 0.15) is 18.2 Å². The van der Waals surface area contributed by atoms with Crippen molar-refractivity contribution >= 4 is 27.4 Å². The van der Waals surface area contributed by atoms with Gasteiger partial charge in [0, 0.05) is 52.3 Å². The zero-order valence-corrected chi connectivity index (χ0v) is 18.2. The number of nitrogens with zero attached hydrogens (tertiary/aromatic N) is 5. The molecule has 168 valence electrons. The van der Waals surface area contributed by atoms with E-state index < -0.39 is 22.0 Å². The summed E-state index contributed by atoms with van der Waals surface area (Å²) >= 11 is 0. The normalized spacial score (nSPS) is 28.6. The zero-order valence-electron chi connectivity index (χ0n) is 17.4. The Morgan fingerprint density at radius 2 is 1.90 bits per heavy atom. The molecule has 3 aliphatic heterocycles. The Balaban J connectivity index is 1.45. The first kappa shape index (κ1) is 20.5. The van der Waals surface area contributed by atoms with E-state index in [9.17, 15) is 17.2 Å². The Bertz CT molecular complexity index is 1050. The van der Waals surface area contributed by atoms with Crippen LogP contribution >= 0.6 is 0 Å². The van der Waals surface area contributed by atoms with Gasteiger partial charge in [0.25, 0.3) is 5.92 Å². The Labute approximate surface area is 180 Å². The van der Waals surface area contributed by atoms with Crippen molar-refractivity contribution in [2.45, 2.75) is 18.5 Å². The molecule has 1 saturated heterocycles. The van der Waals surface area contributed by atoms with E-state index in [1.165, 1.54) is 7.05 Å². The van der Waals surface area contributed by atoms with Crippen molar-refractivity contribution in [3.63, 3.8) is 0 Å². The number of amidine groups is 1. The number of aliphatic imine (C=N–C) groups is 1. The van der Waals surface area contributed by atoms with E-state index in [1.54, 1.807) is 12.1 Å². The van der Waals surface area contributed by atoms with E-state index in [2.05, 4.69) is 4.90 Å². The second-order valence-electron chi connectivity index (χ2n) is 8.36. The summed E-state index contributed by atoms with van der Waals surface area (Å²) in [4.78, 5) is 9.01. The van der Waals surface area contributed by atoms with Gasteiger partial charge in [0.15, 0.2) is 0 Å². The molecule has 0 aromatic heterocycles. The van der Waals surface area contributed by atoms with Gasteiger partial charge in [-0.25, -0.2) is 13.8 Å². The standard InChI is InChI=1S/C20H25F2N5O3S/c1-24-6-5-18(26-7-9-30-10-8-26)23-19(24)14-3-4-16-17(11-14)25(2)31(28,29)27(16)13-15-12-20(15,21)22/h3-6,11,15,19H,7-10,12-13H2,1-2H3. The minimum absolute atomic E-state index is 0.211. The number of anilines is 2. The second kappa shape index (κ2) is 7.06. The molecule has 0 bridgehead atoms. The number of benzene rings is 1. The van der Waals surface area contributed by atoms with Crippen LogP contribution in [0.15, 0.2) is 35.5 Å². The van der Waals surface area contributed by atoms with Crippen molar-refractivity contribution in [3.8, 4) is 0 Å². The quantitative estimate of drug-likeness (QED) is 0.701. The van der Waals surface area contributed by atoms with E-state index in [1.807, 2.05) is 30.3 Å². The van der Waals surface area contributed by atoms with Crippen molar-refractivity contribution in [1.82, 2.24) is 9.80 Å². The number of hydrogen-bond acceptors (Lipinski definition) is 6. The molecule has 8 nitrogen and oxygen atoms in total. The molecule has 2 unspecified atom stereocenters. The molecule has 11 heteroatoms. The van der Waals surface area contributed by atoms with Gasteiger partial charge in [-0.2, -0.15) is 8.42 Å². The molecule has 1 saturated carbocycles. The SMILES string of the molecule is CN1C=CC(N2CCOCC2)=NC1c1ccc2c(c1)N(C)S(=O)(=O)N2CC1CC1(F)F. The number of hydrogen-bond donors (Lipinski definition) is 0. The van der Waals surface area contributed by atoms with Gasteiger partial charge in [-0.05, 0) is 23.8 Å². The first-order valence-electron chi connectivity index (χ1n) is 10.3. The van der Waals surface area contributed by atoms with E-state index in [-0.39, 0.29) is 19.1 Å². The summed E-state index contributed by atoms with van der Waals surface area (Å²) in [6.07, 6.45) is 3.33. The summed E-state index contributed by atoms with van der Waals surface area (Å²) < 4.78 is 60.3. The molecule has 31 heavy (non-hydrogen) atoms. The van der Waals surface area contributed by atoms with Gasteiger partial charge in [-0.3, -0.25) is 8.61 Å². The minimum atomic E-state index is -3.87. The largest absolute Gasteiger partial charge is 0.378 e. The van der Waals surface area contributed by atoms with Crippen molar-refractivity contribution in [3.05, 3.63) is 36.0 Å². The summed E-state index contributed by atoms with van der Waals surface area (Å²) in [5.41, 5.74) is 1.74. The van der Waals surface area contributed by atoms with Gasteiger partial charge >= 0.3 is 10.2 Å². The lowest BCUT2D eigenvalue weighted by Gasteiger charge is -2.34. The number of ether oxygens (including phenoxy) is 1. The van der Waals surface area contributed by atoms with Crippen LogP contribution in [0.5, 0.6) is 0 Å². The van der Waals surface area contributed by atoms with Crippen molar-refractivity contribution < 1.29 is 21.9 Å². The van der Waals surface area contributed by atoms with Gasteiger partial charge in [0.1, 0.15) is 12.0 Å². The van der Waals surface area contributed by atoms with Crippen LogP contribution in [0.4, 0.5) is 20.2 Å². The second-order valence-corrected chi connectivity index (χ2v) is 10.2.